The third kappa shape index (κ3) is 4.51. The van der Waals surface area contributed by atoms with E-state index < -0.39 is 11.6 Å². The molecule has 0 aliphatic carbocycles. The Morgan fingerprint density at radius 2 is 2.15 bits per heavy atom. The summed E-state index contributed by atoms with van der Waals surface area (Å²) in [6.45, 7) is 2.43. The second-order valence-corrected chi connectivity index (χ2v) is 6.38. The van der Waals surface area contributed by atoms with Gasteiger partial charge < -0.3 is 9.15 Å². The van der Waals surface area contributed by atoms with Crippen molar-refractivity contribution < 1.29 is 22.7 Å². The van der Waals surface area contributed by atoms with E-state index in [0.717, 1.165) is 12.1 Å². The summed E-state index contributed by atoms with van der Waals surface area (Å²) in [4.78, 5) is 12.3. The van der Waals surface area contributed by atoms with E-state index in [2.05, 4.69) is 21.0 Å². The Morgan fingerprint density at radius 3 is 2.89 bits per heavy atom. The lowest BCUT2D eigenvalue weighted by atomic mass is 10.2. The Balaban J connectivity index is 1.64. The maximum atomic E-state index is 13.5. The second kappa shape index (κ2) is 8.30. The van der Waals surface area contributed by atoms with Crippen molar-refractivity contribution in [2.45, 2.75) is 20.1 Å². The van der Waals surface area contributed by atoms with Crippen LogP contribution < -0.4 is 4.74 Å². The van der Waals surface area contributed by atoms with Crippen molar-refractivity contribution in [2.75, 3.05) is 0 Å². The summed E-state index contributed by atoms with van der Waals surface area (Å²) in [5.41, 5.74) is 0.454. The topological polar surface area (TPSA) is 57.3 Å². The van der Waals surface area contributed by atoms with E-state index in [1.807, 2.05) is 6.92 Å². The van der Waals surface area contributed by atoms with Gasteiger partial charge in [0.05, 0.1) is 10.7 Å². The highest BCUT2D eigenvalue weighted by molar-refractivity contribution is 9.10. The Hall–Kier alpha value is -2.74. The van der Waals surface area contributed by atoms with Gasteiger partial charge in [-0.25, -0.2) is 8.78 Å². The van der Waals surface area contributed by atoms with E-state index in [-0.39, 0.29) is 18.1 Å². The van der Waals surface area contributed by atoms with Crippen LogP contribution in [0, 0.1) is 11.6 Å². The van der Waals surface area contributed by atoms with Crippen LogP contribution in [0.15, 0.2) is 51.5 Å². The fraction of sp³-hybridized carbons (Fsp3) is 0.158. The summed E-state index contributed by atoms with van der Waals surface area (Å²) in [6.07, 6.45) is 4.49. The van der Waals surface area contributed by atoms with E-state index >= 15 is 0 Å². The molecule has 140 valence electrons. The molecule has 5 nitrogen and oxygen atoms in total. The van der Waals surface area contributed by atoms with Crippen LogP contribution in [0.3, 0.4) is 0 Å². The van der Waals surface area contributed by atoms with E-state index in [0.29, 0.717) is 28.2 Å². The van der Waals surface area contributed by atoms with Crippen LogP contribution >= 0.6 is 15.9 Å². The third-order valence-electron chi connectivity index (χ3n) is 3.67. The molecule has 8 heteroatoms. The minimum Gasteiger partial charge on any atom is -0.483 e. The normalized spacial score (nSPS) is 11.3. The van der Waals surface area contributed by atoms with Crippen LogP contribution in [0.25, 0.3) is 6.08 Å². The van der Waals surface area contributed by atoms with Crippen molar-refractivity contribution in [1.29, 1.82) is 0 Å². The van der Waals surface area contributed by atoms with E-state index in [4.69, 9.17) is 9.15 Å². The maximum absolute atomic E-state index is 13.5. The molecule has 0 saturated heterocycles. The summed E-state index contributed by atoms with van der Waals surface area (Å²) in [5, 5.41) is 4.10. The van der Waals surface area contributed by atoms with Crippen LogP contribution in [0.2, 0.25) is 0 Å². The van der Waals surface area contributed by atoms with Crippen molar-refractivity contribution in [3.63, 3.8) is 0 Å². The van der Waals surface area contributed by atoms with Gasteiger partial charge in [-0.3, -0.25) is 9.48 Å². The highest BCUT2D eigenvalue weighted by atomic mass is 79.9. The first-order valence-electron chi connectivity index (χ1n) is 8.08. The second-order valence-electron chi connectivity index (χ2n) is 5.52. The molecule has 0 N–H and O–H groups in total. The van der Waals surface area contributed by atoms with Gasteiger partial charge in [0.1, 0.15) is 29.6 Å². The number of furan rings is 1. The average Bonchev–Trinajstić information content (AvgIpc) is 3.25. The van der Waals surface area contributed by atoms with Crippen molar-refractivity contribution in [3.05, 3.63) is 75.9 Å². The lowest BCUT2D eigenvalue weighted by Crippen LogP contribution is -2.07. The molecule has 2 aromatic heterocycles. The summed E-state index contributed by atoms with van der Waals surface area (Å²) >= 11 is 3.31. The first kappa shape index (κ1) is 19.0. The minimum absolute atomic E-state index is 0.0293. The molecule has 3 aromatic rings. The Labute approximate surface area is 162 Å². The van der Waals surface area contributed by atoms with E-state index in [1.54, 1.807) is 23.0 Å². The van der Waals surface area contributed by atoms with Crippen LogP contribution in [-0.2, 0) is 13.2 Å². The highest BCUT2D eigenvalue weighted by Gasteiger charge is 2.14. The van der Waals surface area contributed by atoms with Crippen LogP contribution in [0.5, 0.6) is 5.75 Å². The highest BCUT2D eigenvalue weighted by Crippen LogP contribution is 2.21. The van der Waals surface area contributed by atoms with Crippen molar-refractivity contribution in [1.82, 2.24) is 9.78 Å². The molecule has 0 bridgehead atoms. The van der Waals surface area contributed by atoms with E-state index in [9.17, 15) is 13.6 Å². The molecule has 3 rings (SSSR count). The lowest BCUT2D eigenvalue weighted by Gasteiger charge is -2.05. The Bertz CT molecular complexity index is 995. The number of aromatic nitrogens is 2. The van der Waals surface area contributed by atoms with Gasteiger partial charge in [0, 0.05) is 12.6 Å². The first-order chi connectivity index (χ1) is 13.0. The standard InChI is InChI=1S/C19H15BrF2N2O3/c1-2-24-19(15(20)10-23-24)17(25)7-6-13-4-5-14(27-13)11-26-18-8-3-12(21)9-16(18)22/h3-10H,2,11H2,1H3/b7-6+. The molecule has 0 fully saturated rings. The molecule has 0 spiro atoms. The number of carbonyl (C=O) groups excluding carboxylic acids is 1. The number of ether oxygens (including phenoxy) is 1. The van der Waals surface area contributed by atoms with Gasteiger partial charge >= 0.3 is 0 Å². The monoisotopic (exact) mass is 436 g/mol. The molecule has 2 heterocycles. The molecule has 0 atom stereocenters. The Kier molecular flexibility index (Phi) is 5.85. The number of carbonyl (C=O) groups is 1. The molecular formula is C19H15BrF2N2O3. The number of benzene rings is 1. The van der Waals surface area contributed by atoms with Gasteiger partial charge in [-0.05, 0) is 59.3 Å². The number of aryl methyl sites for hydroxylation is 1. The number of allylic oxidation sites excluding steroid dienone is 1. The largest absolute Gasteiger partial charge is 0.483 e. The number of hydrogen-bond donors (Lipinski definition) is 0. The lowest BCUT2D eigenvalue weighted by molar-refractivity contribution is 0.103. The third-order valence-corrected chi connectivity index (χ3v) is 4.25. The van der Waals surface area contributed by atoms with Crippen LogP contribution in [-0.4, -0.2) is 15.6 Å². The van der Waals surface area contributed by atoms with Gasteiger partial charge in [0.25, 0.3) is 0 Å². The number of ketones is 1. The maximum Gasteiger partial charge on any atom is 0.205 e. The van der Waals surface area contributed by atoms with Gasteiger partial charge in [0.15, 0.2) is 11.6 Å². The predicted octanol–water partition coefficient (Wildman–Crippen LogP) is 5.01. The van der Waals surface area contributed by atoms with Gasteiger partial charge in [0.2, 0.25) is 5.78 Å². The zero-order chi connectivity index (χ0) is 19.4. The SMILES string of the molecule is CCn1ncc(Br)c1C(=O)/C=C/c1ccc(COc2ccc(F)cc2F)o1. The van der Waals surface area contributed by atoms with E-state index in [1.165, 1.54) is 18.2 Å². The Morgan fingerprint density at radius 1 is 1.33 bits per heavy atom. The van der Waals surface area contributed by atoms with Crippen LogP contribution in [0.1, 0.15) is 28.9 Å². The summed E-state index contributed by atoms with van der Waals surface area (Å²) in [7, 11) is 0. The fourth-order valence-corrected chi connectivity index (χ4v) is 2.88. The zero-order valence-electron chi connectivity index (χ0n) is 14.3. The summed E-state index contributed by atoms with van der Waals surface area (Å²) < 4.78 is 39.4. The molecule has 0 radical (unpaired) electrons. The molecule has 0 saturated carbocycles. The van der Waals surface area contributed by atoms with Crippen molar-refractivity contribution in [2.24, 2.45) is 0 Å². The molecule has 1 aromatic carbocycles. The molecular weight excluding hydrogens is 422 g/mol. The summed E-state index contributed by atoms with van der Waals surface area (Å²) in [5.74, 6) is -0.872. The molecule has 27 heavy (non-hydrogen) atoms. The smallest absolute Gasteiger partial charge is 0.205 e. The first-order valence-corrected chi connectivity index (χ1v) is 8.87. The minimum atomic E-state index is -0.787. The summed E-state index contributed by atoms with van der Waals surface area (Å²) in [6, 6.07) is 6.38. The van der Waals surface area contributed by atoms with Gasteiger partial charge in [-0.1, -0.05) is 0 Å². The molecule has 0 aliphatic heterocycles. The zero-order valence-corrected chi connectivity index (χ0v) is 15.9. The number of rotatable bonds is 7. The number of hydrogen-bond acceptors (Lipinski definition) is 4. The van der Waals surface area contributed by atoms with Gasteiger partial charge in [-0.15, -0.1) is 0 Å². The quantitative estimate of drug-likeness (QED) is 0.385. The predicted molar refractivity (Wildman–Crippen MR) is 98.4 cm³/mol. The molecule has 0 amide bonds. The molecule has 0 unspecified atom stereocenters. The van der Waals surface area contributed by atoms with Crippen molar-refractivity contribution >= 4 is 27.8 Å². The van der Waals surface area contributed by atoms with Crippen molar-refractivity contribution in [3.8, 4) is 5.75 Å². The fourth-order valence-electron chi connectivity index (χ4n) is 2.39. The molecule has 0 aliphatic rings. The number of nitrogens with zero attached hydrogens (tertiary/aromatic N) is 2. The average molecular weight is 437 g/mol. The van der Waals surface area contributed by atoms with Crippen LogP contribution in [0.4, 0.5) is 8.78 Å². The van der Waals surface area contributed by atoms with Gasteiger partial charge in [-0.2, -0.15) is 5.10 Å². The number of halogens is 3.